The van der Waals surface area contributed by atoms with E-state index in [1.54, 1.807) is 0 Å². The average Bonchev–Trinajstić information content (AvgIpc) is 2.81. The van der Waals surface area contributed by atoms with Crippen molar-refractivity contribution >= 4 is 41.9 Å². The number of hydrogen-bond acceptors (Lipinski definition) is 4. The summed E-state index contributed by atoms with van der Waals surface area (Å²) in [6, 6.07) is -0.328. The number of carbonyl (C=O) groups excluding carboxylic acids is 2. The highest BCUT2D eigenvalue weighted by Crippen LogP contribution is 2.19. The zero-order chi connectivity index (χ0) is 17.9. The lowest BCUT2D eigenvalue weighted by Crippen LogP contribution is -2.43. The maximum atomic E-state index is 11.5. The van der Waals surface area contributed by atoms with Crippen molar-refractivity contribution in [2.45, 2.75) is 51.6 Å². The van der Waals surface area contributed by atoms with Gasteiger partial charge in [-0.1, -0.05) is 25.7 Å². The van der Waals surface area contributed by atoms with Crippen molar-refractivity contribution < 1.29 is 14.3 Å². The van der Waals surface area contributed by atoms with Gasteiger partial charge in [-0.05, 0) is 19.8 Å². The molecule has 1 heterocycles. The average molecular weight is 481 g/mol. The third kappa shape index (κ3) is 8.07. The summed E-state index contributed by atoms with van der Waals surface area (Å²) < 4.78 is 5.94. The summed E-state index contributed by atoms with van der Waals surface area (Å²) in [6.07, 6.45) is 7.88. The van der Waals surface area contributed by atoms with Gasteiger partial charge < -0.3 is 20.7 Å². The number of imide groups is 1. The van der Waals surface area contributed by atoms with Crippen LogP contribution in [0.2, 0.25) is 0 Å². The second-order valence-electron chi connectivity index (χ2n) is 6.38. The second kappa shape index (κ2) is 13.1. The summed E-state index contributed by atoms with van der Waals surface area (Å²) in [6.45, 7) is 4.84. The number of hydrogen-bond donors (Lipinski definition) is 3. The second-order valence-corrected chi connectivity index (χ2v) is 6.38. The molecule has 0 aromatic heterocycles. The van der Waals surface area contributed by atoms with Gasteiger partial charge in [0.05, 0.1) is 25.8 Å². The van der Waals surface area contributed by atoms with Crippen LogP contribution < -0.4 is 16.0 Å². The predicted octanol–water partition coefficient (Wildman–Crippen LogP) is 1.45. The third-order valence-corrected chi connectivity index (χ3v) is 4.43. The van der Waals surface area contributed by atoms with Crippen LogP contribution in [0.3, 0.4) is 0 Å². The number of halogens is 1. The Morgan fingerprint density at radius 3 is 2.58 bits per heavy atom. The molecule has 1 saturated carbocycles. The van der Waals surface area contributed by atoms with E-state index in [0.717, 1.165) is 19.4 Å². The molecule has 0 spiro atoms. The molecule has 0 unspecified atom stereocenters. The summed E-state index contributed by atoms with van der Waals surface area (Å²) in [4.78, 5) is 28.7. The van der Waals surface area contributed by atoms with Gasteiger partial charge in [-0.2, -0.15) is 0 Å². The molecule has 150 valence electrons. The van der Waals surface area contributed by atoms with Crippen molar-refractivity contribution in [3.63, 3.8) is 0 Å². The molecule has 0 aromatic rings. The quantitative estimate of drug-likeness (QED) is 0.122. The van der Waals surface area contributed by atoms with E-state index in [0.29, 0.717) is 38.3 Å². The monoisotopic (exact) mass is 481 g/mol. The number of carbonyl (C=O) groups is 2. The Labute approximate surface area is 172 Å². The van der Waals surface area contributed by atoms with Crippen molar-refractivity contribution in [3.8, 4) is 0 Å². The number of ether oxygens (including phenoxy) is 1. The van der Waals surface area contributed by atoms with Crippen LogP contribution in [0.15, 0.2) is 4.99 Å². The summed E-state index contributed by atoms with van der Waals surface area (Å²) in [5.74, 6) is 0.490. The van der Waals surface area contributed by atoms with Crippen molar-refractivity contribution in [1.82, 2.24) is 20.9 Å². The Bertz CT molecular complexity index is 451. The van der Waals surface area contributed by atoms with E-state index in [4.69, 9.17) is 4.74 Å². The zero-order valence-electron chi connectivity index (χ0n) is 15.6. The van der Waals surface area contributed by atoms with Gasteiger partial charge in [0.15, 0.2) is 5.96 Å². The predicted molar refractivity (Wildman–Crippen MR) is 112 cm³/mol. The first-order valence-corrected chi connectivity index (χ1v) is 9.42. The molecular formula is C17H32IN5O3. The maximum Gasteiger partial charge on any atom is 0.324 e. The molecule has 0 atom stereocenters. The van der Waals surface area contributed by atoms with Gasteiger partial charge >= 0.3 is 6.03 Å². The fourth-order valence-electron chi connectivity index (χ4n) is 3.09. The van der Waals surface area contributed by atoms with E-state index >= 15 is 0 Å². The van der Waals surface area contributed by atoms with Crippen LogP contribution in [0.4, 0.5) is 4.79 Å². The van der Waals surface area contributed by atoms with Crippen LogP contribution in [0.1, 0.15) is 45.4 Å². The van der Waals surface area contributed by atoms with Gasteiger partial charge in [-0.3, -0.25) is 14.7 Å². The van der Waals surface area contributed by atoms with Crippen LogP contribution in [0.25, 0.3) is 0 Å². The Morgan fingerprint density at radius 2 is 1.96 bits per heavy atom. The zero-order valence-corrected chi connectivity index (χ0v) is 17.9. The van der Waals surface area contributed by atoms with Crippen molar-refractivity contribution in [1.29, 1.82) is 0 Å². The van der Waals surface area contributed by atoms with Gasteiger partial charge in [0.25, 0.3) is 0 Å². The van der Waals surface area contributed by atoms with E-state index < -0.39 is 0 Å². The van der Waals surface area contributed by atoms with Crippen molar-refractivity contribution in [3.05, 3.63) is 0 Å². The van der Waals surface area contributed by atoms with Crippen LogP contribution in [0, 0.1) is 0 Å². The highest BCUT2D eigenvalue weighted by molar-refractivity contribution is 14.0. The summed E-state index contributed by atoms with van der Waals surface area (Å²) in [5, 5.41) is 8.81. The number of guanidine groups is 1. The van der Waals surface area contributed by atoms with Crippen LogP contribution >= 0.6 is 24.0 Å². The molecule has 8 nitrogen and oxygen atoms in total. The third-order valence-electron chi connectivity index (χ3n) is 4.43. The Kier molecular flexibility index (Phi) is 11.6. The van der Waals surface area contributed by atoms with E-state index in [9.17, 15) is 9.59 Å². The molecule has 2 rings (SSSR count). The van der Waals surface area contributed by atoms with Crippen molar-refractivity contribution in [2.24, 2.45) is 4.99 Å². The first-order chi connectivity index (χ1) is 12.2. The smallest absolute Gasteiger partial charge is 0.324 e. The molecule has 1 saturated heterocycles. The van der Waals surface area contributed by atoms with E-state index in [2.05, 4.69) is 20.9 Å². The fourth-order valence-corrected chi connectivity index (χ4v) is 3.09. The first kappa shape index (κ1) is 22.9. The van der Waals surface area contributed by atoms with Crippen molar-refractivity contribution in [2.75, 3.05) is 39.3 Å². The summed E-state index contributed by atoms with van der Waals surface area (Å²) in [7, 11) is 0. The lowest BCUT2D eigenvalue weighted by Gasteiger charge is -2.16. The highest BCUT2D eigenvalue weighted by atomic mass is 127. The molecule has 0 bridgehead atoms. The molecule has 1 aliphatic carbocycles. The van der Waals surface area contributed by atoms with Gasteiger partial charge in [0.1, 0.15) is 0 Å². The van der Waals surface area contributed by atoms with Gasteiger partial charge in [-0.25, -0.2) is 4.79 Å². The maximum absolute atomic E-state index is 11.5. The first-order valence-electron chi connectivity index (χ1n) is 9.42. The molecule has 2 fully saturated rings. The standard InChI is InChI=1S/C17H31N5O3.HI/c1-2-18-16(19-9-11-22-15(23)13-21-17(22)24)20-10-12-25-14-7-5-3-4-6-8-14;/h14H,2-13H2,1H3,(H,21,24)(H2,18,19,20);1H. The normalized spacial score (nSPS) is 19.0. The summed E-state index contributed by atoms with van der Waals surface area (Å²) in [5.41, 5.74) is 0. The van der Waals surface area contributed by atoms with Crippen LogP contribution in [-0.4, -0.2) is 68.2 Å². The topological polar surface area (TPSA) is 95.1 Å². The minimum atomic E-state index is -0.328. The van der Waals surface area contributed by atoms with E-state index in [1.807, 2.05) is 6.92 Å². The molecule has 26 heavy (non-hydrogen) atoms. The minimum absolute atomic E-state index is 0. The number of nitrogens with one attached hydrogen (secondary N) is 3. The molecular weight excluding hydrogens is 449 g/mol. The number of urea groups is 1. The highest BCUT2D eigenvalue weighted by Gasteiger charge is 2.27. The summed E-state index contributed by atoms with van der Waals surface area (Å²) >= 11 is 0. The van der Waals surface area contributed by atoms with E-state index in [1.165, 1.54) is 30.6 Å². The fraction of sp³-hybridized carbons (Fsp3) is 0.824. The Hall–Kier alpha value is -1.10. The minimum Gasteiger partial charge on any atom is -0.376 e. The molecule has 2 aliphatic rings. The van der Waals surface area contributed by atoms with E-state index in [-0.39, 0.29) is 42.5 Å². The van der Waals surface area contributed by atoms with Crippen LogP contribution in [0.5, 0.6) is 0 Å². The van der Waals surface area contributed by atoms with Gasteiger partial charge in [0, 0.05) is 19.6 Å². The Balaban J connectivity index is 0.00000338. The molecule has 0 radical (unpaired) electrons. The number of nitrogens with zero attached hydrogens (tertiary/aromatic N) is 2. The Morgan fingerprint density at radius 1 is 1.23 bits per heavy atom. The number of amides is 3. The SMILES string of the molecule is CCNC(=NCCOC1CCCCCC1)NCCN1C(=O)CNC1=O.I. The molecule has 3 amide bonds. The number of rotatable bonds is 8. The molecule has 9 heteroatoms. The largest absolute Gasteiger partial charge is 0.376 e. The van der Waals surface area contributed by atoms with Gasteiger partial charge in [-0.15, -0.1) is 24.0 Å². The van der Waals surface area contributed by atoms with Gasteiger partial charge in [0.2, 0.25) is 5.91 Å². The molecule has 1 aliphatic heterocycles. The molecule has 3 N–H and O–H groups in total. The lowest BCUT2D eigenvalue weighted by molar-refractivity contribution is -0.124. The number of aliphatic imine (C=N–C) groups is 1. The molecule has 0 aromatic carbocycles. The lowest BCUT2D eigenvalue weighted by atomic mass is 10.1. The van der Waals surface area contributed by atoms with Crippen LogP contribution in [-0.2, 0) is 9.53 Å².